The first kappa shape index (κ1) is 25.4. The molecule has 0 fully saturated rings. The van der Waals surface area contributed by atoms with E-state index in [1.165, 1.54) is 5.56 Å². The number of rotatable bonds is 11. The average Bonchev–Trinajstić information content (AvgIpc) is 2.64. The van der Waals surface area contributed by atoms with Crippen LogP contribution in [0.5, 0.6) is 5.75 Å². The topological polar surface area (TPSA) is 44.8 Å². The third-order valence-electron chi connectivity index (χ3n) is 4.75. The van der Waals surface area contributed by atoms with E-state index in [9.17, 15) is 4.79 Å². The van der Waals surface area contributed by atoms with E-state index in [0.29, 0.717) is 13.2 Å². The van der Waals surface area contributed by atoms with Crippen LogP contribution >= 0.6 is 0 Å². The highest BCUT2D eigenvalue weighted by molar-refractivity contribution is 6.48. The van der Waals surface area contributed by atoms with E-state index in [-0.39, 0.29) is 11.4 Å². The van der Waals surface area contributed by atoms with Crippen LogP contribution in [0.25, 0.3) is 5.57 Å². The van der Waals surface area contributed by atoms with E-state index < -0.39 is 9.04 Å². The molecule has 4 nitrogen and oxygen atoms in total. The van der Waals surface area contributed by atoms with Gasteiger partial charge >= 0.3 is 5.97 Å². The normalized spacial score (nSPS) is 12.4. The molecule has 0 bridgehead atoms. The summed E-state index contributed by atoms with van der Waals surface area (Å²) in [6.07, 6.45) is 5.72. The van der Waals surface area contributed by atoms with Crippen LogP contribution in [0, 0.1) is 0 Å². The molecular formula is C24H39O4Si. The molecule has 0 heterocycles. The number of ether oxygens (including phenoxy) is 2. The average molecular weight is 420 g/mol. The summed E-state index contributed by atoms with van der Waals surface area (Å²) in [6.45, 7) is 15.8. The van der Waals surface area contributed by atoms with Gasteiger partial charge in [-0.15, -0.1) is 0 Å². The summed E-state index contributed by atoms with van der Waals surface area (Å²) < 4.78 is 17.2. The van der Waals surface area contributed by atoms with Crippen LogP contribution in [0.3, 0.4) is 0 Å². The lowest BCUT2D eigenvalue weighted by atomic mass is 9.81. The number of benzene rings is 1. The number of allylic oxidation sites excluding steroid dienone is 1. The van der Waals surface area contributed by atoms with Gasteiger partial charge in [-0.2, -0.15) is 0 Å². The molecule has 0 aliphatic carbocycles. The van der Waals surface area contributed by atoms with Gasteiger partial charge in [-0.25, -0.2) is 4.79 Å². The van der Waals surface area contributed by atoms with E-state index >= 15 is 0 Å². The molecule has 0 N–H and O–H groups in total. The van der Waals surface area contributed by atoms with E-state index in [2.05, 4.69) is 52.9 Å². The van der Waals surface area contributed by atoms with Crippen molar-refractivity contribution < 1.29 is 18.7 Å². The van der Waals surface area contributed by atoms with Crippen molar-refractivity contribution >= 4 is 20.6 Å². The van der Waals surface area contributed by atoms with Crippen LogP contribution in [0.4, 0.5) is 0 Å². The van der Waals surface area contributed by atoms with Crippen LogP contribution in [0.15, 0.2) is 18.2 Å². The van der Waals surface area contributed by atoms with Gasteiger partial charge in [0.05, 0.1) is 20.3 Å². The molecule has 163 valence electrons. The van der Waals surface area contributed by atoms with Gasteiger partial charge in [0, 0.05) is 17.2 Å². The Labute approximate surface area is 179 Å². The quantitative estimate of drug-likeness (QED) is 0.183. The van der Waals surface area contributed by atoms with Gasteiger partial charge in [-0.1, -0.05) is 52.7 Å². The number of hydrogen-bond acceptors (Lipinski definition) is 4. The summed E-state index contributed by atoms with van der Waals surface area (Å²) >= 11 is 0. The van der Waals surface area contributed by atoms with Gasteiger partial charge in [0.1, 0.15) is 5.75 Å². The van der Waals surface area contributed by atoms with Crippen molar-refractivity contribution in [3.05, 3.63) is 34.9 Å². The van der Waals surface area contributed by atoms with E-state index in [1.54, 1.807) is 13.2 Å². The van der Waals surface area contributed by atoms with Crippen molar-refractivity contribution in [3.63, 3.8) is 0 Å². The third-order valence-corrected chi connectivity index (χ3v) is 5.47. The minimum atomic E-state index is -0.838. The maximum atomic E-state index is 12.2. The maximum absolute atomic E-state index is 12.2. The highest BCUT2D eigenvalue weighted by Crippen LogP contribution is 2.39. The van der Waals surface area contributed by atoms with E-state index in [0.717, 1.165) is 48.1 Å². The highest BCUT2D eigenvalue weighted by Gasteiger charge is 2.24. The minimum absolute atomic E-state index is 0.0356. The van der Waals surface area contributed by atoms with Gasteiger partial charge in [-0.3, -0.25) is 0 Å². The molecule has 5 heteroatoms. The van der Waals surface area contributed by atoms with Crippen LogP contribution in [0.2, 0.25) is 13.1 Å². The Morgan fingerprint density at radius 2 is 1.83 bits per heavy atom. The number of unbranched alkanes of at least 4 members (excludes halogenated alkanes) is 2. The molecule has 1 aromatic rings. The van der Waals surface area contributed by atoms with Gasteiger partial charge in [-0.05, 0) is 49.4 Å². The fourth-order valence-electron chi connectivity index (χ4n) is 3.35. The molecule has 1 radical (unpaired) electrons. The largest absolute Gasteiger partial charge is 0.496 e. The van der Waals surface area contributed by atoms with Gasteiger partial charge in [0.25, 0.3) is 0 Å². The maximum Gasteiger partial charge on any atom is 0.331 e. The van der Waals surface area contributed by atoms with Crippen molar-refractivity contribution in [1.29, 1.82) is 0 Å². The Morgan fingerprint density at radius 1 is 1.14 bits per heavy atom. The summed E-state index contributed by atoms with van der Waals surface area (Å²) in [7, 11) is 0.863. The first-order valence-corrected chi connectivity index (χ1v) is 13.1. The molecule has 0 atom stereocenters. The van der Waals surface area contributed by atoms with Crippen molar-refractivity contribution in [2.75, 3.05) is 13.7 Å². The summed E-state index contributed by atoms with van der Waals surface area (Å²) in [6, 6.07) is 4.25. The Kier molecular flexibility index (Phi) is 10.7. The zero-order valence-electron chi connectivity index (χ0n) is 19.6. The number of carbonyl (C=O) groups excluding carboxylic acids is 1. The lowest BCUT2D eigenvalue weighted by molar-refractivity contribution is -0.137. The molecule has 0 saturated carbocycles. The van der Waals surface area contributed by atoms with Gasteiger partial charge < -0.3 is 13.9 Å². The second-order valence-corrected chi connectivity index (χ2v) is 10.6. The molecule has 29 heavy (non-hydrogen) atoms. The Hall–Kier alpha value is -1.59. The molecule has 0 unspecified atom stereocenters. The number of esters is 1. The molecule has 1 rings (SSSR count). The lowest BCUT2D eigenvalue weighted by Gasteiger charge is -2.27. The predicted octanol–water partition coefficient (Wildman–Crippen LogP) is 6.29. The lowest BCUT2D eigenvalue weighted by Crippen LogP contribution is -2.18. The Balaban J connectivity index is 3.54. The molecule has 0 aromatic heterocycles. The third kappa shape index (κ3) is 7.98. The first-order valence-electron chi connectivity index (χ1n) is 10.7. The zero-order valence-corrected chi connectivity index (χ0v) is 20.6. The number of carbonyl (C=O) groups is 1. The molecule has 0 spiro atoms. The van der Waals surface area contributed by atoms with Crippen molar-refractivity contribution in [2.24, 2.45) is 0 Å². The SMILES string of the molecule is CCCCCC(=CC(=O)OCC)c1ccc(C(C)(C)C)c(CO[Si](C)C)c1OC. The second-order valence-electron chi connectivity index (χ2n) is 8.50. The second kappa shape index (κ2) is 12.2. The zero-order chi connectivity index (χ0) is 22.0. The summed E-state index contributed by atoms with van der Waals surface area (Å²) in [5.41, 5.74) is 4.18. The molecule has 0 saturated heterocycles. The molecular weight excluding hydrogens is 380 g/mol. The van der Waals surface area contributed by atoms with Crippen LogP contribution in [0.1, 0.15) is 77.0 Å². The standard InChI is InChI=1S/C24H39O4Si/c1-9-11-12-13-18(16-22(25)27-10-2)19-14-15-21(24(3,4)5)20(23(19)26-6)17-28-29(7)8/h14-16H,9-13,17H2,1-8H3. The summed E-state index contributed by atoms with van der Waals surface area (Å²) in [5, 5.41) is 0. The monoisotopic (exact) mass is 419 g/mol. The minimum Gasteiger partial charge on any atom is -0.496 e. The number of hydrogen-bond donors (Lipinski definition) is 0. The summed E-state index contributed by atoms with van der Waals surface area (Å²) in [5.74, 6) is 0.513. The van der Waals surface area contributed by atoms with Crippen molar-refractivity contribution in [3.8, 4) is 5.75 Å². The first-order chi connectivity index (χ1) is 13.6. The van der Waals surface area contributed by atoms with Gasteiger partial charge in [0.2, 0.25) is 9.04 Å². The number of methoxy groups -OCH3 is 1. The fraction of sp³-hybridized carbons (Fsp3) is 0.625. The highest BCUT2D eigenvalue weighted by atomic mass is 28.3. The predicted molar refractivity (Wildman–Crippen MR) is 123 cm³/mol. The Bertz CT molecular complexity index is 687. The van der Waals surface area contributed by atoms with Crippen LogP contribution in [-0.2, 0) is 26.0 Å². The van der Waals surface area contributed by atoms with E-state index in [4.69, 9.17) is 13.9 Å². The molecule has 0 aliphatic rings. The Morgan fingerprint density at radius 3 is 2.34 bits per heavy atom. The van der Waals surface area contributed by atoms with Crippen LogP contribution < -0.4 is 4.74 Å². The van der Waals surface area contributed by atoms with Crippen molar-refractivity contribution in [2.45, 2.75) is 85.4 Å². The van der Waals surface area contributed by atoms with Gasteiger partial charge in [0.15, 0.2) is 0 Å². The van der Waals surface area contributed by atoms with E-state index in [1.807, 2.05) is 6.92 Å². The smallest absolute Gasteiger partial charge is 0.331 e. The molecule has 0 amide bonds. The van der Waals surface area contributed by atoms with Crippen LogP contribution in [-0.4, -0.2) is 28.7 Å². The fourth-order valence-corrected chi connectivity index (χ4v) is 3.79. The summed E-state index contributed by atoms with van der Waals surface area (Å²) in [4.78, 5) is 12.2. The molecule has 1 aromatic carbocycles. The molecule has 0 aliphatic heterocycles. The van der Waals surface area contributed by atoms with Crippen molar-refractivity contribution in [1.82, 2.24) is 0 Å².